The number of H-pyrrole nitrogens is 1. The topological polar surface area (TPSA) is 67.0 Å². The lowest BCUT2D eigenvalue weighted by atomic mass is 10.1. The fourth-order valence-electron chi connectivity index (χ4n) is 2.05. The lowest BCUT2D eigenvalue weighted by Gasteiger charge is -2.09. The Hall–Kier alpha value is -2.30. The first kappa shape index (κ1) is 15.1. The minimum Gasteiger partial charge on any atom is -0.484 e. The summed E-state index contributed by atoms with van der Waals surface area (Å²) in [7, 11) is 0. The van der Waals surface area contributed by atoms with Gasteiger partial charge in [-0.2, -0.15) is 5.10 Å². The Morgan fingerprint density at radius 2 is 2.14 bits per heavy atom. The van der Waals surface area contributed by atoms with E-state index in [2.05, 4.69) is 15.5 Å². The summed E-state index contributed by atoms with van der Waals surface area (Å²) in [6.45, 7) is 4.65. The van der Waals surface area contributed by atoms with Gasteiger partial charge in [0.05, 0.1) is 6.20 Å². The van der Waals surface area contributed by atoms with Crippen molar-refractivity contribution in [1.82, 2.24) is 15.5 Å². The number of nitrogens with zero attached hydrogens (tertiary/aromatic N) is 1. The molecule has 0 spiro atoms. The van der Waals surface area contributed by atoms with E-state index >= 15 is 0 Å². The number of benzene rings is 1. The lowest BCUT2D eigenvalue weighted by molar-refractivity contribution is -0.123. The van der Waals surface area contributed by atoms with E-state index in [-0.39, 0.29) is 12.5 Å². The van der Waals surface area contributed by atoms with Crippen LogP contribution in [0.15, 0.2) is 30.5 Å². The van der Waals surface area contributed by atoms with Gasteiger partial charge in [0.25, 0.3) is 5.91 Å². The van der Waals surface area contributed by atoms with Crippen molar-refractivity contribution < 1.29 is 9.53 Å². The normalized spacial score (nSPS) is 10.4. The smallest absolute Gasteiger partial charge is 0.257 e. The maximum Gasteiger partial charge on any atom is 0.257 e. The molecule has 5 heteroatoms. The number of aryl methyl sites for hydroxylation is 3. The molecule has 0 unspecified atom stereocenters. The van der Waals surface area contributed by atoms with Crippen LogP contribution in [0.1, 0.15) is 23.2 Å². The Morgan fingerprint density at radius 1 is 1.33 bits per heavy atom. The molecule has 1 amide bonds. The van der Waals surface area contributed by atoms with Crippen LogP contribution in [0, 0.1) is 13.8 Å². The zero-order valence-electron chi connectivity index (χ0n) is 12.5. The molecule has 1 aromatic heterocycles. The standard InChI is InChI=1S/C16H21N3O2/c1-12-6-3-4-8-15(12)21-11-16(20)17-9-5-7-14-10-18-19-13(14)2/h3-4,6,8,10H,5,7,9,11H2,1-2H3,(H,17,20)(H,18,19). The summed E-state index contributed by atoms with van der Waals surface area (Å²) in [5.74, 6) is 0.656. The highest BCUT2D eigenvalue weighted by molar-refractivity contribution is 5.77. The second kappa shape index (κ2) is 7.47. The minimum atomic E-state index is -0.0952. The van der Waals surface area contributed by atoms with E-state index < -0.39 is 0 Å². The quantitative estimate of drug-likeness (QED) is 0.767. The van der Waals surface area contributed by atoms with Crippen LogP contribution in [-0.2, 0) is 11.2 Å². The van der Waals surface area contributed by atoms with Gasteiger partial charge >= 0.3 is 0 Å². The van der Waals surface area contributed by atoms with Gasteiger partial charge < -0.3 is 10.1 Å². The molecular weight excluding hydrogens is 266 g/mol. The number of para-hydroxylation sites is 1. The zero-order valence-corrected chi connectivity index (χ0v) is 12.5. The molecule has 0 radical (unpaired) electrons. The molecule has 0 saturated carbocycles. The molecule has 0 bridgehead atoms. The maximum atomic E-state index is 11.7. The van der Waals surface area contributed by atoms with Crippen LogP contribution in [0.3, 0.4) is 0 Å². The van der Waals surface area contributed by atoms with E-state index in [4.69, 9.17) is 4.74 Å². The van der Waals surface area contributed by atoms with Crippen LogP contribution in [0.4, 0.5) is 0 Å². The van der Waals surface area contributed by atoms with Crippen LogP contribution >= 0.6 is 0 Å². The fraction of sp³-hybridized carbons (Fsp3) is 0.375. The maximum absolute atomic E-state index is 11.7. The van der Waals surface area contributed by atoms with Crippen molar-refractivity contribution >= 4 is 5.91 Å². The van der Waals surface area contributed by atoms with Gasteiger partial charge in [0.2, 0.25) is 0 Å². The van der Waals surface area contributed by atoms with Gasteiger partial charge in [-0.15, -0.1) is 0 Å². The van der Waals surface area contributed by atoms with E-state index in [1.807, 2.05) is 44.3 Å². The van der Waals surface area contributed by atoms with Crippen molar-refractivity contribution in [2.24, 2.45) is 0 Å². The van der Waals surface area contributed by atoms with Crippen LogP contribution in [0.2, 0.25) is 0 Å². The summed E-state index contributed by atoms with van der Waals surface area (Å²) in [5.41, 5.74) is 3.31. The third-order valence-electron chi connectivity index (χ3n) is 3.33. The van der Waals surface area contributed by atoms with Gasteiger partial charge in [0, 0.05) is 12.2 Å². The van der Waals surface area contributed by atoms with E-state index in [1.165, 1.54) is 5.56 Å². The van der Waals surface area contributed by atoms with Crippen molar-refractivity contribution in [2.75, 3.05) is 13.2 Å². The monoisotopic (exact) mass is 287 g/mol. The number of carbonyl (C=O) groups is 1. The largest absolute Gasteiger partial charge is 0.484 e. The van der Waals surface area contributed by atoms with Crippen LogP contribution in [-0.4, -0.2) is 29.3 Å². The van der Waals surface area contributed by atoms with Crippen molar-refractivity contribution in [2.45, 2.75) is 26.7 Å². The van der Waals surface area contributed by atoms with Gasteiger partial charge in [-0.1, -0.05) is 18.2 Å². The van der Waals surface area contributed by atoms with Crippen LogP contribution < -0.4 is 10.1 Å². The Balaban J connectivity index is 1.64. The van der Waals surface area contributed by atoms with Gasteiger partial charge in [-0.05, 0) is 43.9 Å². The predicted octanol–water partition coefficient (Wildman–Crippen LogP) is 2.15. The number of nitrogens with one attached hydrogen (secondary N) is 2. The molecule has 0 aliphatic heterocycles. The molecule has 0 fully saturated rings. The van der Waals surface area contributed by atoms with Gasteiger partial charge in [0.15, 0.2) is 6.61 Å². The molecule has 0 atom stereocenters. The third kappa shape index (κ3) is 4.63. The van der Waals surface area contributed by atoms with Crippen LogP contribution in [0.25, 0.3) is 0 Å². The van der Waals surface area contributed by atoms with Crippen molar-refractivity contribution in [1.29, 1.82) is 0 Å². The summed E-state index contributed by atoms with van der Waals surface area (Å²) in [4.78, 5) is 11.7. The average Bonchev–Trinajstić information content (AvgIpc) is 2.88. The number of aromatic amines is 1. The third-order valence-corrected chi connectivity index (χ3v) is 3.33. The lowest BCUT2D eigenvalue weighted by Crippen LogP contribution is -2.30. The van der Waals surface area contributed by atoms with Crippen LogP contribution in [0.5, 0.6) is 5.75 Å². The Kier molecular flexibility index (Phi) is 5.37. The first-order valence-corrected chi connectivity index (χ1v) is 7.11. The molecule has 1 heterocycles. The minimum absolute atomic E-state index is 0.0512. The highest BCUT2D eigenvalue weighted by atomic mass is 16.5. The summed E-state index contributed by atoms with van der Waals surface area (Å²) < 4.78 is 5.49. The first-order valence-electron chi connectivity index (χ1n) is 7.11. The van der Waals surface area contributed by atoms with E-state index in [0.29, 0.717) is 6.54 Å². The predicted molar refractivity (Wildman–Crippen MR) is 81.3 cm³/mol. The van der Waals surface area contributed by atoms with Gasteiger partial charge in [-0.25, -0.2) is 0 Å². The SMILES string of the molecule is Cc1ccccc1OCC(=O)NCCCc1cn[nH]c1C. The second-order valence-corrected chi connectivity index (χ2v) is 5.03. The highest BCUT2D eigenvalue weighted by Gasteiger charge is 2.04. The first-order chi connectivity index (χ1) is 10.2. The molecule has 1 aromatic carbocycles. The molecule has 112 valence electrons. The molecule has 5 nitrogen and oxygen atoms in total. The summed E-state index contributed by atoms with van der Waals surface area (Å²) in [6, 6.07) is 7.67. The summed E-state index contributed by atoms with van der Waals surface area (Å²) >= 11 is 0. The molecule has 0 saturated heterocycles. The van der Waals surface area contributed by atoms with Gasteiger partial charge in [0.1, 0.15) is 5.75 Å². The molecule has 0 aliphatic rings. The number of hydrogen-bond donors (Lipinski definition) is 2. The average molecular weight is 287 g/mol. The van der Waals surface area contributed by atoms with Crippen molar-refractivity contribution in [3.8, 4) is 5.75 Å². The summed E-state index contributed by atoms with van der Waals surface area (Å²) in [6.07, 6.45) is 3.62. The number of carbonyl (C=O) groups excluding carboxylic acids is 1. The molecule has 2 rings (SSSR count). The number of amides is 1. The molecular formula is C16H21N3O2. The molecule has 0 aliphatic carbocycles. The number of ether oxygens (including phenoxy) is 1. The molecule has 21 heavy (non-hydrogen) atoms. The number of rotatable bonds is 7. The summed E-state index contributed by atoms with van der Waals surface area (Å²) in [5, 5.41) is 9.74. The number of hydrogen-bond acceptors (Lipinski definition) is 3. The number of aromatic nitrogens is 2. The van der Waals surface area contributed by atoms with E-state index in [9.17, 15) is 4.79 Å². The molecule has 2 aromatic rings. The Morgan fingerprint density at radius 3 is 2.86 bits per heavy atom. The molecule has 2 N–H and O–H groups in total. The fourth-order valence-corrected chi connectivity index (χ4v) is 2.05. The van der Waals surface area contributed by atoms with Gasteiger partial charge in [-0.3, -0.25) is 9.89 Å². The van der Waals surface area contributed by atoms with Crippen molar-refractivity contribution in [3.63, 3.8) is 0 Å². The Bertz CT molecular complexity index is 593. The Labute approximate surface area is 124 Å². The highest BCUT2D eigenvalue weighted by Crippen LogP contribution is 2.15. The zero-order chi connectivity index (χ0) is 15.1. The van der Waals surface area contributed by atoms with Crippen molar-refractivity contribution in [3.05, 3.63) is 47.3 Å². The van der Waals surface area contributed by atoms with E-state index in [1.54, 1.807) is 0 Å². The van der Waals surface area contributed by atoms with E-state index in [0.717, 1.165) is 29.8 Å². The second-order valence-electron chi connectivity index (χ2n) is 5.03.